The Balaban J connectivity index is 1.76. The number of thiocarbonyl (C=S) groups is 1. The first kappa shape index (κ1) is 23.1. The van der Waals surface area contributed by atoms with Crippen molar-refractivity contribution in [2.75, 3.05) is 31.4 Å². The summed E-state index contributed by atoms with van der Waals surface area (Å²) in [5, 5.41) is 9.31. The van der Waals surface area contributed by atoms with E-state index in [-0.39, 0.29) is 6.03 Å². The number of carbonyl (C=O) groups is 2. The van der Waals surface area contributed by atoms with E-state index in [2.05, 4.69) is 16.0 Å². The Bertz CT molecular complexity index is 1050. The second-order valence-electron chi connectivity index (χ2n) is 7.05. The summed E-state index contributed by atoms with van der Waals surface area (Å²) in [5.74, 6) is 0.234. The van der Waals surface area contributed by atoms with Gasteiger partial charge in [0.05, 0.1) is 25.8 Å². The third-order valence-corrected chi connectivity index (χ3v) is 5.49. The highest BCUT2D eigenvalue weighted by atomic mass is 32.1. The van der Waals surface area contributed by atoms with Crippen molar-refractivity contribution in [3.63, 3.8) is 0 Å². The summed E-state index contributed by atoms with van der Waals surface area (Å²) in [7, 11) is 2.92. The van der Waals surface area contributed by atoms with Gasteiger partial charge in [0.1, 0.15) is 5.75 Å². The molecule has 168 valence electrons. The van der Waals surface area contributed by atoms with Crippen LogP contribution in [0.2, 0.25) is 0 Å². The maximum Gasteiger partial charge on any atom is 0.337 e. The van der Waals surface area contributed by atoms with Gasteiger partial charge in [0.15, 0.2) is 5.11 Å². The fourth-order valence-corrected chi connectivity index (χ4v) is 3.92. The minimum Gasteiger partial charge on any atom is -0.497 e. The summed E-state index contributed by atoms with van der Waals surface area (Å²) < 4.78 is 10.2. The van der Waals surface area contributed by atoms with Crippen LogP contribution in [0.1, 0.15) is 25.5 Å². The number of esters is 1. The quantitative estimate of drug-likeness (QED) is 0.448. The summed E-state index contributed by atoms with van der Waals surface area (Å²) in [5.41, 5.74) is 3.29. The molecular weight excluding hydrogens is 428 g/mol. The number of benzene rings is 2. The van der Waals surface area contributed by atoms with Crippen LogP contribution in [0.15, 0.2) is 59.8 Å². The van der Waals surface area contributed by atoms with E-state index in [1.54, 1.807) is 43.5 Å². The number of nitrogens with zero attached hydrogens (tertiary/aromatic N) is 1. The molecule has 0 saturated heterocycles. The van der Waals surface area contributed by atoms with E-state index >= 15 is 0 Å². The summed E-state index contributed by atoms with van der Waals surface area (Å²) in [6, 6.07) is 13.4. The molecule has 1 unspecified atom stereocenters. The lowest BCUT2D eigenvalue weighted by atomic mass is 9.95. The Morgan fingerprint density at radius 2 is 1.78 bits per heavy atom. The average Bonchev–Trinajstić information content (AvgIpc) is 2.79. The number of amides is 2. The van der Waals surface area contributed by atoms with Gasteiger partial charge in [-0.25, -0.2) is 9.59 Å². The van der Waals surface area contributed by atoms with E-state index in [0.717, 1.165) is 11.3 Å². The maximum atomic E-state index is 12.5. The summed E-state index contributed by atoms with van der Waals surface area (Å²) >= 11 is 5.47. The zero-order valence-corrected chi connectivity index (χ0v) is 19.2. The highest BCUT2D eigenvalue weighted by molar-refractivity contribution is 7.80. The number of ether oxygens (including phenoxy) is 2. The second-order valence-corrected chi connectivity index (χ2v) is 7.44. The Hall–Kier alpha value is -3.59. The van der Waals surface area contributed by atoms with E-state index in [9.17, 15) is 9.59 Å². The molecule has 0 saturated carbocycles. The van der Waals surface area contributed by atoms with E-state index in [0.29, 0.717) is 34.4 Å². The zero-order valence-electron chi connectivity index (χ0n) is 18.4. The van der Waals surface area contributed by atoms with Crippen molar-refractivity contribution < 1.29 is 19.1 Å². The highest BCUT2D eigenvalue weighted by Gasteiger charge is 2.33. The van der Waals surface area contributed by atoms with E-state index in [1.165, 1.54) is 7.11 Å². The molecule has 0 aromatic heterocycles. The minimum absolute atomic E-state index is 0.382. The molecule has 32 heavy (non-hydrogen) atoms. The van der Waals surface area contributed by atoms with Crippen molar-refractivity contribution in [2.45, 2.75) is 19.9 Å². The van der Waals surface area contributed by atoms with Gasteiger partial charge in [0, 0.05) is 29.7 Å². The van der Waals surface area contributed by atoms with E-state index < -0.39 is 12.0 Å². The number of allylic oxidation sites excluding steroid dienone is 1. The van der Waals surface area contributed by atoms with Gasteiger partial charge in [-0.2, -0.15) is 0 Å². The smallest absolute Gasteiger partial charge is 0.337 e. The highest BCUT2D eigenvalue weighted by Crippen LogP contribution is 2.31. The van der Waals surface area contributed by atoms with Crippen molar-refractivity contribution in [2.24, 2.45) is 0 Å². The summed E-state index contributed by atoms with van der Waals surface area (Å²) in [6.45, 7) is 4.45. The average molecular weight is 455 g/mol. The second kappa shape index (κ2) is 10.1. The third kappa shape index (κ3) is 5.00. The van der Waals surface area contributed by atoms with Crippen molar-refractivity contribution in [1.82, 2.24) is 10.2 Å². The van der Waals surface area contributed by atoms with Gasteiger partial charge in [0.2, 0.25) is 0 Å². The van der Waals surface area contributed by atoms with Gasteiger partial charge in [-0.1, -0.05) is 18.2 Å². The van der Waals surface area contributed by atoms with Gasteiger partial charge in [-0.05, 0) is 55.9 Å². The van der Waals surface area contributed by atoms with Crippen LogP contribution in [0.3, 0.4) is 0 Å². The Labute approximate surface area is 192 Å². The van der Waals surface area contributed by atoms with Gasteiger partial charge in [0.25, 0.3) is 0 Å². The number of rotatable bonds is 6. The molecule has 8 nitrogen and oxygen atoms in total. The number of methoxy groups -OCH3 is 2. The third-order valence-electron chi connectivity index (χ3n) is 5.15. The van der Waals surface area contributed by atoms with Crippen LogP contribution < -0.4 is 20.7 Å². The van der Waals surface area contributed by atoms with Crippen LogP contribution in [-0.4, -0.2) is 42.8 Å². The van der Waals surface area contributed by atoms with E-state index in [1.807, 2.05) is 30.9 Å². The monoisotopic (exact) mass is 454 g/mol. The fourth-order valence-electron chi connectivity index (χ4n) is 3.54. The fraction of sp³-hybridized carbons (Fsp3) is 0.261. The maximum absolute atomic E-state index is 12.5. The van der Waals surface area contributed by atoms with Crippen LogP contribution in [-0.2, 0) is 9.53 Å². The van der Waals surface area contributed by atoms with Crippen LogP contribution in [0.4, 0.5) is 16.2 Å². The van der Waals surface area contributed by atoms with Gasteiger partial charge >= 0.3 is 12.0 Å². The number of anilines is 2. The van der Waals surface area contributed by atoms with Crippen LogP contribution in [0.25, 0.3) is 0 Å². The first-order chi connectivity index (χ1) is 15.4. The van der Waals surface area contributed by atoms with Crippen molar-refractivity contribution >= 4 is 40.7 Å². The van der Waals surface area contributed by atoms with Crippen LogP contribution in [0, 0.1) is 0 Å². The van der Waals surface area contributed by atoms with Crippen LogP contribution in [0.5, 0.6) is 5.75 Å². The molecule has 1 heterocycles. The molecule has 2 aromatic carbocycles. The SMILES string of the molecule is CCN1C(=S)NC(c2ccc(NC(=O)Nc3cccc(OC)c3)cc2)C(C(=O)OC)=C1C. The Morgan fingerprint density at radius 1 is 1.09 bits per heavy atom. The number of hydrogen-bond donors (Lipinski definition) is 3. The lowest BCUT2D eigenvalue weighted by Crippen LogP contribution is -2.47. The summed E-state index contributed by atoms with van der Waals surface area (Å²) in [4.78, 5) is 26.7. The first-order valence-corrected chi connectivity index (χ1v) is 10.5. The lowest BCUT2D eigenvalue weighted by Gasteiger charge is -2.36. The normalized spacial score (nSPS) is 15.7. The Kier molecular flexibility index (Phi) is 7.32. The molecule has 3 N–H and O–H groups in total. The number of urea groups is 1. The van der Waals surface area contributed by atoms with Crippen molar-refractivity contribution in [3.05, 3.63) is 65.4 Å². The topological polar surface area (TPSA) is 91.9 Å². The number of hydrogen-bond acceptors (Lipinski definition) is 5. The standard InChI is InChI=1S/C23H26N4O4S/c1-5-27-14(2)19(21(28)31-4)20(26-23(27)32)15-9-11-16(12-10-15)24-22(29)25-17-7-6-8-18(13-17)30-3/h6-13,20H,5H2,1-4H3,(H,26,32)(H2,24,25,29). The summed E-state index contributed by atoms with van der Waals surface area (Å²) in [6.07, 6.45) is 0. The molecule has 2 amide bonds. The molecule has 2 aromatic rings. The number of nitrogens with one attached hydrogen (secondary N) is 3. The molecule has 1 aliphatic rings. The lowest BCUT2D eigenvalue weighted by molar-refractivity contribution is -0.136. The molecule has 1 aliphatic heterocycles. The van der Waals surface area contributed by atoms with Crippen molar-refractivity contribution in [3.8, 4) is 5.75 Å². The van der Waals surface area contributed by atoms with Crippen molar-refractivity contribution in [1.29, 1.82) is 0 Å². The largest absolute Gasteiger partial charge is 0.497 e. The molecule has 0 fully saturated rings. The molecule has 0 aliphatic carbocycles. The zero-order chi connectivity index (χ0) is 23.3. The van der Waals surface area contributed by atoms with Gasteiger partial charge in [-0.15, -0.1) is 0 Å². The minimum atomic E-state index is -0.447. The predicted molar refractivity (Wildman–Crippen MR) is 128 cm³/mol. The molecular formula is C23H26N4O4S. The van der Waals surface area contributed by atoms with E-state index in [4.69, 9.17) is 21.7 Å². The molecule has 0 radical (unpaired) electrons. The van der Waals surface area contributed by atoms with Gasteiger partial charge < -0.3 is 30.3 Å². The number of carbonyl (C=O) groups excluding carboxylic acids is 2. The molecule has 1 atom stereocenters. The first-order valence-electron chi connectivity index (χ1n) is 10.1. The molecule has 9 heteroatoms. The predicted octanol–water partition coefficient (Wildman–Crippen LogP) is 4.04. The molecule has 0 bridgehead atoms. The van der Waals surface area contributed by atoms with Gasteiger partial charge in [-0.3, -0.25) is 0 Å². The Morgan fingerprint density at radius 3 is 2.41 bits per heavy atom. The molecule has 3 rings (SSSR count). The molecule has 0 spiro atoms. The van der Waals surface area contributed by atoms with Crippen LogP contribution >= 0.6 is 12.2 Å².